The molecule has 0 unspecified atom stereocenters. The van der Waals surface area contributed by atoms with E-state index in [1.807, 2.05) is 29.2 Å². The summed E-state index contributed by atoms with van der Waals surface area (Å²) in [5, 5.41) is 11.6. The summed E-state index contributed by atoms with van der Waals surface area (Å²) < 4.78 is 6.86. The molecular formula is C17H18N6O2. The first kappa shape index (κ1) is 15.5. The number of nitrogens with zero attached hydrogens (tertiary/aromatic N) is 6. The van der Waals surface area contributed by atoms with Gasteiger partial charge in [-0.05, 0) is 37.1 Å². The summed E-state index contributed by atoms with van der Waals surface area (Å²) in [5.41, 5.74) is 1.59. The number of hydrogen-bond donors (Lipinski definition) is 0. The predicted octanol–water partition coefficient (Wildman–Crippen LogP) is 1.98. The minimum absolute atomic E-state index is 0.0280. The van der Waals surface area contributed by atoms with Crippen LogP contribution in [0.4, 0.5) is 0 Å². The summed E-state index contributed by atoms with van der Waals surface area (Å²) in [4.78, 5) is 19.0. The molecule has 0 spiro atoms. The zero-order chi connectivity index (χ0) is 17.2. The van der Waals surface area contributed by atoms with Gasteiger partial charge in [0.2, 0.25) is 5.89 Å². The summed E-state index contributed by atoms with van der Waals surface area (Å²) >= 11 is 0. The fraction of sp³-hybridized carbons (Fsp3) is 0.353. The molecule has 1 aliphatic rings. The maximum Gasteiger partial charge on any atom is 0.253 e. The first-order valence-corrected chi connectivity index (χ1v) is 8.25. The molecular weight excluding hydrogens is 320 g/mol. The van der Waals surface area contributed by atoms with Crippen molar-refractivity contribution < 1.29 is 9.32 Å². The van der Waals surface area contributed by atoms with Crippen molar-refractivity contribution in [1.29, 1.82) is 0 Å². The zero-order valence-electron chi connectivity index (χ0n) is 13.9. The van der Waals surface area contributed by atoms with E-state index < -0.39 is 0 Å². The first-order valence-electron chi connectivity index (χ1n) is 8.25. The van der Waals surface area contributed by atoms with Crippen LogP contribution < -0.4 is 0 Å². The topological polar surface area (TPSA) is 89.9 Å². The molecule has 0 aliphatic carbocycles. The van der Waals surface area contributed by atoms with E-state index in [-0.39, 0.29) is 11.8 Å². The van der Waals surface area contributed by atoms with Crippen LogP contribution in [-0.4, -0.2) is 48.8 Å². The number of aromatic nitrogens is 5. The highest BCUT2D eigenvalue weighted by molar-refractivity contribution is 5.94. The number of aryl methyl sites for hydroxylation is 1. The van der Waals surface area contributed by atoms with E-state index in [1.54, 1.807) is 24.1 Å². The van der Waals surface area contributed by atoms with Crippen LogP contribution in [0.5, 0.6) is 0 Å². The van der Waals surface area contributed by atoms with Gasteiger partial charge >= 0.3 is 0 Å². The Morgan fingerprint density at radius 2 is 1.96 bits per heavy atom. The van der Waals surface area contributed by atoms with Gasteiger partial charge in [-0.3, -0.25) is 9.36 Å². The van der Waals surface area contributed by atoms with Gasteiger partial charge in [-0.15, -0.1) is 10.2 Å². The van der Waals surface area contributed by atoms with Crippen molar-refractivity contribution >= 4 is 5.91 Å². The molecule has 8 heteroatoms. The van der Waals surface area contributed by atoms with Gasteiger partial charge in [0, 0.05) is 37.2 Å². The first-order chi connectivity index (χ1) is 12.2. The molecule has 1 fully saturated rings. The lowest BCUT2D eigenvalue weighted by Gasteiger charge is -2.31. The number of carbonyl (C=O) groups excluding carboxylic acids is 1. The van der Waals surface area contributed by atoms with Crippen LogP contribution in [0, 0.1) is 6.92 Å². The minimum atomic E-state index is 0.0280. The van der Waals surface area contributed by atoms with Crippen LogP contribution in [0.2, 0.25) is 0 Å². The number of benzene rings is 1. The molecule has 25 heavy (non-hydrogen) atoms. The van der Waals surface area contributed by atoms with Crippen molar-refractivity contribution in [3.63, 3.8) is 0 Å². The Balaban J connectivity index is 1.48. The van der Waals surface area contributed by atoms with Crippen molar-refractivity contribution in [1.82, 2.24) is 29.8 Å². The third kappa shape index (κ3) is 3.15. The van der Waals surface area contributed by atoms with Crippen molar-refractivity contribution in [3.05, 3.63) is 54.2 Å². The van der Waals surface area contributed by atoms with E-state index in [1.165, 1.54) is 0 Å². The second kappa shape index (κ2) is 6.46. The van der Waals surface area contributed by atoms with Crippen LogP contribution in [0.15, 0.2) is 41.4 Å². The fourth-order valence-corrected chi connectivity index (χ4v) is 3.15. The molecule has 8 nitrogen and oxygen atoms in total. The number of rotatable bonds is 3. The van der Waals surface area contributed by atoms with E-state index in [2.05, 4.69) is 20.3 Å². The Hall–Kier alpha value is -3.03. The van der Waals surface area contributed by atoms with Crippen molar-refractivity contribution in [2.45, 2.75) is 25.7 Å². The Bertz CT molecular complexity index is 856. The maximum atomic E-state index is 12.8. The molecule has 1 aliphatic heterocycles. The number of hydrogen-bond acceptors (Lipinski definition) is 6. The standard InChI is InChI=1S/C17H18N6O2/c1-12-20-16(21-25-12)14-3-2-8-22(9-14)17(24)13-4-6-15(7-5-13)23-10-18-19-11-23/h4-7,10-11,14H,2-3,8-9H2,1H3/t14-/m1/s1. The average molecular weight is 338 g/mol. The van der Waals surface area contributed by atoms with Gasteiger partial charge < -0.3 is 9.42 Å². The fourth-order valence-electron chi connectivity index (χ4n) is 3.15. The van der Waals surface area contributed by atoms with Gasteiger partial charge in [0.15, 0.2) is 5.82 Å². The second-order valence-corrected chi connectivity index (χ2v) is 6.18. The van der Waals surface area contributed by atoms with Gasteiger partial charge in [-0.2, -0.15) is 4.98 Å². The molecule has 3 aromatic rings. The number of piperidine rings is 1. The SMILES string of the molecule is Cc1nc([C@@H]2CCCN(C(=O)c3ccc(-n4cnnc4)cc3)C2)no1. The Kier molecular flexibility index (Phi) is 4.01. The van der Waals surface area contributed by atoms with Crippen LogP contribution in [-0.2, 0) is 0 Å². The van der Waals surface area contributed by atoms with E-state index in [0.717, 1.165) is 25.1 Å². The summed E-state index contributed by atoms with van der Waals surface area (Å²) in [6.07, 6.45) is 5.15. The lowest BCUT2D eigenvalue weighted by Crippen LogP contribution is -2.39. The molecule has 2 aromatic heterocycles. The van der Waals surface area contributed by atoms with Crippen molar-refractivity contribution in [2.75, 3.05) is 13.1 Å². The number of carbonyl (C=O) groups is 1. The monoisotopic (exact) mass is 338 g/mol. The molecule has 0 N–H and O–H groups in total. The van der Waals surface area contributed by atoms with E-state index in [4.69, 9.17) is 4.52 Å². The lowest BCUT2D eigenvalue weighted by atomic mass is 9.96. The average Bonchev–Trinajstić information content (AvgIpc) is 3.33. The van der Waals surface area contributed by atoms with Gasteiger partial charge in [-0.25, -0.2) is 0 Å². The molecule has 1 atom stereocenters. The third-order valence-corrected chi connectivity index (χ3v) is 4.45. The van der Waals surface area contributed by atoms with Crippen molar-refractivity contribution in [3.8, 4) is 5.69 Å². The summed E-state index contributed by atoms with van der Waals surface area (Å²) in [6, 6.07) is 7.45. The third-order valence-electron chi connectivity index (χ3n) is 4.45. The zero-order valence-corrected chi connectivity index (χ0v) is 13.9. The highest BCUT2D eigenvalue weighted by atomic mass is 16.5. The molecule has 0 bridgehead atoms. The van der Waals surface area contributed by atoms with Gasteiger partial charge in [0.25, 0.3) is 5.91 Å². The number of amides is 1. The molecule has 3 heterocycles. The second-order valence-electron chi connectivity index (χ2n) is 6.18. The smallest absolute Gasteiger partial charge is 0.253 e. The molecule has 0 saturated carbocycles. The van der Waals surface area contributed by atoms with Crippen LogP contribution in [0.3, 0.4) is 0 Å². The molecule has 1 saturated heterocycles. The Labute approximate surface area is 144 Å². The molecule has 4 rings (SSSR count). The Morgan fingerprint density at radius 3 is 2.64 bits per heavy atom. The Morgan fingerprint density at radius 1 is 1.20 bits per heavy atom. The molecule has 128 valence electrons. The molecule has 0 radical (unpaired) electrons. The van der Waals surface area contributed by atoms with E-state index >= 15 is 0 Å². The highest BCUT2D eigenvalue weighted by Crippen LogP contribution is 2.26. The highest BCUT2D eigenvalue weighted by Gasteiger charge is 2.28. The normalized spacial score (nSPS) is 17.6. The summed E-state index contributed by atoms with van der Waals surface area (Å²) in [5.74, 6) is 1.41. The van der Waals surface area contributed by atoms with Gasteiger partial charge in [0.1, 0.15) is 12.7 Å². The predicted molar refractivity (Wildman–Crippen MR) is 88.3 cm³/mol. The molecule has 1 aromatic carbocycles. The van der Waals surface area contributed by atoms with Crippen LogP contribution >= 0.6 is 0 Å². The molecule has 1 amide bonds. The largest absolute Gasteiger partial charge is 0.340 e. The van der Waals surface area contributed by atoms with E-state index in [0.29, 0.717) is 23.8 Å². The van der Waals surface area contributed by atoms with Crippen LogP contribution in [0.25, 0.3) is 5.69 Å². The van der Waals surface area contributed by atoms with Gasteiger partial charge in [0.05, 0.1) is 0 Å². The lowest BCUT2D eigenvalue weighted by molar-refractivity contribution is 0.0703. The maximum absolute atomic E-state index is 12.8. The summed E-state index contributed by atoms with van der Waals surface area (Å²) in [6.45, 7) is 3.14. The quantitative estimate of drug-likeness (QED) is 0.725. The van der Waals surface area contributed by atoms with Crippen LogP contribution in [0.1, 0.15) is 40.8 Å². The summed E-state index contributed by atoms with van der Waals surface area (Å²) in [7, 11) is 0. The van der Waals surface area contributed by atoms with Gasteiger partial charge in [-0.1, -0.05) is 5.16 Å². The van der Waals surface area contributed by atoms with E-state index in [9.17, 15) is 4.79 Å². The minimum Gasteiger partial charge on any atom is -0.340 e. The number of likely N-dealkylation sites (tertiary alicyclic amines) is 1. The van der Waals surface area contributed by atoms with Crippen molar-refractivity contribution in [2.24, 2.45) is 0 Å².